The van der Waals surface area contributed by atoms with Gasteiger partial charge in [0, 0.05) is 26.2 Å². The molecule has 0 aromatic carbocycles. The number of likely N-dealkylation sites (N-methyl/N-ethyl adjacent to an activating group) is 1. The zero-order chi connectivity index (χ0) is 13.7. The Morgan fingerprint density at radius 1 is 1.63 bits per heavy atom. The first-order valence-electron chi connectivity index (χ1n) is 5.77. The molecular formula is C11H12N6O2. The van der Waals surface area contributed by atoms with Crippen molar-refractivity contribution in [2.45, 2.75) is 12.1 Å². The first-order valence-corrected chi connectivity index (χ1v) is 5.77. The number of hydrogen-bond acceptors (Lipinski definition) is 5. The summed E-state index contributed by atoms with van der Waals surface area (Å²) in [5, 5.41) is 25.3. The van der Waals surface area contributed by atoms with Crippen molar-refractivity contribution in [2.24, 2.45) is 12.2 Å². The number of rotatable bonds is 1. The van der Waals surface area contributed by atoms with E-state index in [0.29, 0.717) is 6.54 Å². The largest absolute Gasteiger partial charge is 0.410 e. The maximum Gasteiger partial charge on any atom is 0.321 e. The van der Waals surface area contributed by atoms with Gasteiger partial charge in [-0.3, -0.25) is 4.68 Å². The van der Waals surface area contributed by atoms with Crippen LogP contribution in [-0.2, 0) is 7.05 Å². The Morgan fingerprint density at radius 2 is 2.37 bits per heavy atom. The summed E-state index contributed by atoms with van der Waals surface area (Å²) < 4.78 is 1.62. The van der Waals surface area contributed by atoms with E-state index in [4.69, 9.17) is 10.5 Å². The van der Waals surface area contributed by atoms with Crippen LogP contribution >= 0.6 is 0 Å². The van der Waals surface area contributed by atoms with E-state index in [9.17, 15) is 4.79 Å². The second-order valence-corrected chi connectivity index (χ2v) is 4.67. The number of urea groups is 1. The zero-order valence-corrected chi connectivity index (χ0v) is 10.5. The van der Waals surface area contributed by atoms with Gasteiger partial charge in [0.05, 0.1) is 17.9 Å². The molecule has 8 nitrogen and oxygen atoms in total. The molecule has 19 heavy (non-hydrogen) atoms. The lowest BCUT2D eigenvalue weighted by molar-refractivity contribution is 0.191. The van der Waals surface area contributed by atoms with Crippen molar-refractivity contribution in [3.05, 3.63) is 17.5 Å². The number of aryl methyl sites for hydroxylation is 1. The molecule has 2 aliphatic rings. The van der Waals surface area contributed by atoms with Crippen molar-refractivity contribution < 1.29 is 10.0 Å². The predicted molar refractivity (Wildman–Crippen MR) is 63.4 cm³/mol. The number of carbonyl (C=O) groups excluding carboxylic acids is 1. The second kappa shape index (κ2) is 3.71. The van der Waals surface area contributed by atoms with Crippen molar-refractivity contribution in [1.29, 1.82) is 5.26 Å². The monoisotopic (exact) mass is 260 g/mol. The predicted octanol–water partition coefficient (Wildman–Crippen LogP) is 0.237. The van der Waals surface area contributed by atoms with Gasteiger partial charge in [-0.2, -0.15) is 10.4 Å². The van der Waals surface area contributed by atoms with Crippen LogP contribution in [0.1, 0.15) is 23.3 Å². The molecule has 0 spiro atoms. The SMILES string of the molecule is CN1C(=O)N2C[C@H]1c1cnn(C)c1[C@H]2/C(C#N)=N/O. The molecule has 1 N–H and O–H groups in total. The van der Waals surface area contributed by atoms with Gasteiger partial charge in [0.15, 0.2) is 5.71 Å². The van der Waals surface area contributed by atoms with Gasteiger partial charge in [-0.15, -0.1) is 0 Å². The third kappa shape index (κ3) is 1.29. The summed E-state index contributed by atoms with van der Waals surface area (Å²) in [5.41, 5.74) is 1.52. The average Bonchev–Trinajstić information content (AvgIpc) is 2.90. The second-order valence-electron chi connectivity index (χ2n) is 4.67. The van der Waals surface area contributed by atoms with E-state index >= 15 is 0 Å². The lowest BCUT2D eigenvalue weighted by atomic mass is 9.95. The number of oxime groups is 1. The molecule has 3 rings (SSSR count). The standard InChI is InChI=1S/C11H12N6O2/c1-15-8-5-17(11(15)18)10(7(3-12)14-19)9-6(8)4-13-16(9)2/h4,8,10,19H,5H2,1-2H3/b14-7+/t8-,10+/m0/s1. The Balaban J connectivity index is 2.23. The Labute approximate surface area is 109 Å². The van der Waals surface area contributed by atoms with Crippen molar-refractivity contribution in [2.75, 3.05) is 13.6 Å². The Morgan fingerprint density at radius 3 is 3.00 bits per heavy atom. The molecule has 3 heterocycles. The lowest BCUT2D eigenvalue weighted by Gasteiger charge is -2.29. The molecule has 98 valence electrons. The van der Waals surface area contributed by atoms with Gasteiger partial charge in [0.1, 0.15) is 12.1 Å². The highest BCUT2D eigenvalue weighted by Gasteiger charge is 2.49. The molecule has 1 saturated heterocycles. The molecular weight excluding hydrogens is 248 g/mol. The van der Waals surface area contributed by atoms with Gasteiger partial charge in [0.25, 0.3) is 0 Å². The fourth-order valence-corrected chi connectivity index (χ4v) is 2.86. The van der Waals surface area contributed by atoms with Crippen LogP contribution in [0.5, 0.6) is 0 Å². The normalized spacial score (nSPS) is 25.5. The fourth-order valence-electron chi connectivity index (χ4n) is 2.86. The first-order chi connectivity index (χ1) is 9.10. The molecule has 1 aromatic heterocycles. The van der Waals surface area contributed by atoms with Gasteiger partial charge < -0.3 is 15.0 Å². The molecule has 1 aromatic rings. The Bertz CT molecular complexity index is 628. The van der Waals surface area contributed by atoms with E-state index in [1.165, 1.54) is 4.90 Å². The highest BCUT2D eigenvalue weighted by atomic mass is 16.4. The molecule has 2 amide bonds. The zero-order valence-electron chi connectivity index (χ0n) is 10.5. The fraction of sp³-hybridized carbons (Fsp3) is 0.455. The van der Waals surface area contributed by atoms with Gasteiger partial charge in [-0.05, 0) is 0 Å². The maximum absolute atomic E-state index is 12.2. The maximum atomic E-state index is 12.2. The minimum absolute atomic E-state index is 0.0638. The molecule has 2 bridgehead atoms. The first kappa shape index (κ1) is 11.5. The highest BCUT2D eigenvalue weighted by Crippen LogP contribution is 2.43. The number of amides is 2. The molecule has 0 radical (unpaired) electrons. The topological polar surface area (TPSA) is 97.8 Å². The number of nitriles is 1. The van der Waals surface area contributed by atoms with E-state index in [1.54, 1.807) is 29.9 Å². The summed E-state index contributed by atoms with van der Waals surface area (Å²) in [6, 6.07) is 0.927. The minimum Gasteiger partial charge on any atom is -0.410 e. The number of hydrogen-bond donors (Lipinski definition) is 1. The van der Waals surface area contributed by atoms with E-state index in [1.807, 2.05) is 6.07 Å². The van der Waals surface area contributed by atoms with Crippen LogP contribution in [0.25, 0.3) is 0 Å². The van der Waals surface area contributed by atoms with Gasteiger partial charge in [-0.1, -0.05) is 5.16 Å². The molecule has 2 aliphatic heterocycles. The van der Waals surface area contributed by atoms with Gasteiger partial charge >= 0.3 is 6.03 Å². The number of carbonyl (C=O) groups is 1. The van der Waals surface area contributed by atoms with Crippen LogP contribution in [0.15, 0.2) is 11.4 Å². The van der Waals surface area contributed by atoms with E-state index in [-0.39, 0.29) is 17.8 Å². The van der Waals surface area contributed by atoms with E-state index in [2.05, 4.69) is 10.3 Å². The minimum atomic E-state index is -0.675. The Hall–Kier alpha value is -2.56. The Kier molecular flexibility index (Phi) is 2.25. The summed E-state index contributed by atoms with van der Waals surface area (Å²) in [6.07, 6.45) is 1.70. The average molecular weight is 260 g/mol. The van der Waals surface area contributed by atoms with Crippen molar-refractivity contribution >= 4 is 11.7 Å². The van der Waals surface area contributed by atoms with Crippen LogP contribution in [0, 0.1) is 11.3 Å². The summed E-state index contributed by atoms with van der Waals surface area (Å²) in [4.78, 5) is 15.3. The third-order valence-corrected chi connectivity index (χ3v) is 3.81. The highest BCUT2D eigenvalue weighted by molar-refractivity contribution is 6.05. The van der Waals surface area contributed by atoms with Crippen LogP contribution in [0.3, 0.4) is 0 Å². The van der Waals surface area contributed by atoms with E-state index < -0.39 is 6.04 Å². The van der Waals surface area contributed by atoms with Crippen LogP contribution in [0.4, 0.5) is 4.79 Å². The molecule has 0 unspecified atom stereocenters. The number of aromatic nitrogens is 2. The van der Waals surface area contributed by atoms with Crippen molar-refractivity contribution in [3.8, 4) is 6.07 Å². The van der Waals surface area contributed by atoms with Crippen LogP contribution < -0.4 is 0 Å². The van der Waals surface area contributed by atoms with Crippen molar-refractivity contribution in [1.82, 2.24) is 19.6 Å². The van der Waals surface area contributed by atoms with E-state index in [0.717, 1.165) is 11.3 Å². The van der Waals surface area contributed by atoms with Crippen LogP contribution in [-0.4, -0.2) is 50.1 Å². The summed E-state index contributed by atoms with van der Waals surface area (Å²) in [6.45, 7) is 0.472. The molecule has 0 aliphatic carbocycles. The van der Waals surface area contributed by atoms with Crippen LogP contribution in [0.2, 0.25) is 0 Å². The smallest absolute Gasteiger partial charge is 0.321 e. The summed E-state index contributed by atoms with van der Waals surface area (Å²) in [7, 11) is 3.46. The molecule has 1 fully saturated rings. The summed E-state index contributed by atoms with van der Waals surface area (Å²) >= 11 is 0. The summed E-state index contributed by atoms with van der Waals surface area (Å²) in [5.74, 6) is 0. The lowest BCUT2D eigenvalue weighted by Crippen LogP contribution is -2.38. The number of fused-ring (bicyclic) bond motifs is 4. The quantitative estimate of drug-likeness (QED) is 0.444. The molecule has 8 heteroatoms. The third-order valence-electron chi connectivity index (χ3n) is 3.81. The van der Waals surface area contributed by atoms with Crippen molar-refractivity contribution in [3.63, 3.8) is 0 Å². The molecule has 2 atom stereocenters. The molecule has 0 saturated carbocycles. The van der Waals surface area contributed by atoms with Gasteiger partial charge in [-0.25, -0.2) is 4.79 Å². The van der Waals surface area contributed by atoms with Gasteiger partial charge in [0.2, 0.25) is 0 Å². The number of nitrogens with zero attached hydrogens (tertiary/aromatic N) is 6.